The van der Waals surface area contributed by atoms with Crippen molar-refractivity contribution in [1.82, 2.24) is 15.3 Å². The summed E-state index contributed by atoms with van der Waals surface area (Å²) in [6, 6.07) is -0.631. The second-order valence-corrected chi connectivity index (χ2v) is 4.65. The Labute approximate surface area is 99.8 Å². The van der Waals surface area contributed by atoms with Crippen molar-refractivity contribution in [2.45, 2.75) is 38.8 Å². The average Bonchev–Trinajstić information content (AvgIpc) is 2.66. The van der Waals surface area contributed by atoms with Crippen LogP contribution >= 0.6 is 0 Å². The molecule has 0 saturated heterocycles. The first-order chi connectivity index (χ1) is 7.90. The largest absolute Gasteiger partial charge is 0.444 e. The van der Waals surface area contributed by atoms with Crippen LogP contribution in [0.5, 0.6) is 0 Å². The zero-order valence-corrected chi connectivity index (χ0v) is 10.2. The first-order valence-corrected chi connectivity index (χ1v) is 5.33. The summed E-state index contributed by atoms with van der Waals surface area (Å²) in [6.07, 6.45) is 3.59. The van der Waals surface area contributed by atoms with E-state index in [0.29, 0.717) is 18.4 Å². The molecule has 1 atom stereocenters. The van der Waals surface area contributed by atoms with E-state index in [9.17, 15) is 9.59 Å². The lowest BCUT2D eigenvalue weighted by molar-refractivity contribution is -0.109. The number of imidazole rings is 1. The maximum atomic E-state index is 11.4. The highest BCUT2D eigenvalue weighted by molar-refractivity contribution is 5.73. The van der Waals surface area contributed by atoms with Gasteiger partial charge >= 0.3 is 6.09 Å². The van der Waals surface area contributed by atoms with Gasteiger partial charge in [0.1, 0.15) is 11.9 Å². The smallest absolute Gasteiger partial charge is 0.408 e. The van der Waals surface area contributed by atoms with Gasteiger partial charge in [-0.1, -0.05) is 0 Å². The number of H-pyrrole nitrogens is 1. The number of carbonyl (C=O) groups is 2. The van der Waals surface area contributed by atoms with Crippen molar-refractivity contribution in [3.8, 4) is 0 Å². The number of hydrogen-bond donors (Lipinski definition) is 2. The summed E-state index contributed by atoms with van der Waals surface area (Å²) in [7, 11) is 0. The predicted molar refractivity (Wildman–Crippen MR) is 61.5 cm³/mol. The second kappa shape index (κ2) is 5.47. The zero-order chi connectivity index (χ0) is 12.9. The van der Waals surface area contributed by atoms with Gasteiger partial charge in [-0.25, -0.2) is 9.78 Å². The van der Waals surface area contributed by atoms with Crippen LogP contribution in [0.1, 0.15) is 26.5 Å². The van der Waals surface area contributed by atoms with Crippen LogP contribution in [0.2, 0.25) is 0 Å². The molecular weight excluding hydrogens is 222 g/mol. The Bertz CT molecular complexity index is 368. The fourth-order valence-corrected chi connectivity index (χ4v) is 1.22. The summed E-state index contributed by atoms with van der Waals surface area (Å²) in [6.45, 7) is 5.28. The number of rotatable bonds is 4. The minimum absolute atomic E-state index is 0.340. The lowest BCUT2D eigenvalue weighted by Gasteiger charge is -2.21. The Kier molecular flexibility index (Phi) is 4.25. The molecule has 0 aromatic carbocycles. The standard InChI is InChI=1S/C11H17N3O3/c1-11(2,3)17-10(16)14-9(6-15)4-8-5-12-7-13-8/h5-7,9H,4H2,1-3H3,(H,12,13)(H,14,16). The highest BCUT2D eigenvalue weighted by atomic mass is 16.6. The summed E-state index contributed by atoms with van der Waals surface area (Å²) >= 11 is 0. The maximum Gasteiger partial charge on any atom is 0.408 e. The molecule has 0 aliphatic rings. The highest BCUT2D eigenvalue weighted by Gasteiger charge is 2.19. The number of ether oxygens (including phenoxy) is 1. The molecule has 0 saturated carbocycles. The molecule has 1 unspecified atom stereocenters. The number of alkyl carbamates (subject to hydrolysis) is 1. The van der Waals surface area contributed by atoms with Crippen LogP contribution < -0.4 is 5.32 Å². The minimum atomic E-state index is -0.631. The van der Waals surface area contributed by atoms with Gasteiger partial charge in [-0.2, -0.15) is 0 Å². The molecule has 1 rings (SSSR count). The Balaban J connectivity index is 2.47. The molecule has 0 aliphatic carbocycles. The molecule has 17 heavy (non-hydrogen) atoms. The van der Waals surface area contributed by atoms with Crippen LogP contribution in [-0.4, -0.2) is 34.0 Å². The van der Waals surface area contributed by atoms with E-state index in [1.807, 2.05) is 0 Å². The maximum absolute atomic E-state index is 11.4. The van der Waals surface area contributed by atoms with Crippen molar-refractivity contribution in [2.75, 3.05) is 0 Å². The lowest BCUT2D eigenvalue weighted by Crippen LogP contribution is -2.41. The van der Waals surface area contributed by atoms with Crippen LogP contribution in [0, 0.1) is 0 Å². The average molecular weight is 239 g/mol. The topological polar surface area (TPSA) is 84.1 Å². The van der Waals surface area contributed by atoms with Crippen LogP contribution in [-0.2, 0) is 16.0 Å². The van der Waals surface area contributed by atoms with Crippen LogP contribution in [0.25, 0.3) is 0 Å². The molecule has 0 bridgehead atoms. The number of hydrogen-bond acceptors (Lipinski definition) is 4. The Hall–Kier alpha value is -1.85. The summed E-state index contributed by atoms with van der Waals surface area (Å²) in [4.78, 5) is 29.0. The summed E-state index contributed by atoms with van der Waals surface area (Å²) < 4.78 is 5.05. The molecule has 1 aromatic heterocycles. The van der Waals surface area contributed by atoms with Crippen molar-refractivity contribution in [1.29, 1.82) is 0 Å². The van der Waals surface area contributed by atoms with Gasteiger partial charge in [0.25, 0.3) is 0 Å². The number of aldehydes is 1. The minimum Gasteiger partial charge on any atom is -0.444 e. The Morgan fingerprint density at radius 2 is 2.35 bits per heavy atom. The van der Waals surface area contributed by atoms with E-state index in [0.717, 1.165) is 0 Å². The molecular formula is C11H17N3O3. The predicted octanol–water partition coefficient (Wildman–Crippen LogP) is 1.04. The van der Waals surface area contributed by atoms with Gasteiger partial charge in [-0.15, -0.1) is 0 Å². The van der Waals surface area contributed by atoms with E-state index < -0.39 is 17.7 Å². The first kappa shape index (κ1) is 13.2. The van der Waals surface area contributed by atoms with Crippen LogP contribution in [0.15, 0.2) is 12.5 Å². The quantitative estimate of drug-likeness (QED) is 0.769. The number of carbonyl (C=O) groups excluding carboxylic acids is 2. The van der Waals surface area contributed by atoms with Gasteiger partial charge in [0, 0.05) is 12.6 Å². The molecule has 1 aromatic rings. The van der Waals surface area contributed by atoms with Crippen LogP contribution in [0.4, 0.5) is 4.79 Å². The molecule has 94 valence electrons. The molecule has 6 heteroatoms. The van der Waals surface area contributed by atoms with E-state index in [1.54, 1.807) is 27.0 Å². The third-order valence-corrected chi connectivity index (χ3v) is 1.85. The van der Waals surface area contributed by atoms with Gasteiger partial charge in [-0.05, 0) is 20.8 Å². The summed E-state index contributed by atoms with van der Waals surface area (Å²) in [5.74, 6) is 0. The normalized spacial score (nSPS) is 12.9. The number of amides is 1. The lowest BCUT2D eigenvalue weighted by atomic mass is 10.2. The van der Waals surface area contributed by atoms with Crippen molar-refractivity contribution < 1.29 is 14.3 Å². The molecule has 2 N–H and O–H groups in total. The van der Waals surface area contributed by atoms with E-state index in [4.69, 9.17) is 4.74 Å². The highest BCUT2D eigenvalue weighted by Crippen LogP contribution is 2.07. The van der Waals surface area contributed by atoms with Gasteiger partial charge < -0.3 is 19.8 Å². The SMILES string of the molecule is CC(C)(C)OC(=O)NC(C=O)Cc1c[nH]cn1. The first-order valence-electron chi connectivity index (χ1n) is 5.33. The summed E-state index contributed by atoms with van der Waals surface area (Å²) in [5.41, 5.74) is 0.127. The van der Waals surface area contributed by atoms with Crippen molar-refractivity contribution in [2.24, 2.45) is 0 Å². The summed E-state index contributed by atoms with van der Waals surface area (Å²) in [5, 5.41) is 2.48. The molecule has 0 spiro atoms. The molecule has 0 fully saturated rings. The van der Waals surface area contributed by atoms with Crippen molar-refractivity contribution in [3.05, 3.63) is 18.2 Å². The fourth-order valence-electron chi connectivity index (χ4n) is 1.22. The molecule has 1 amide bonds. The third kappa shape index (κ3) is 5.14. The van der Waals surface area contributed by atoms with E-state index in [-0.39, 0.29) is 0 Å². The van der Waals surface area contributed by atoms with Gasteiger partial charge in [0.15, 0.2) is 0 Å². The third-order valence-electron chi connectivity index (χ3n) is 1.85. The van der Waals surface area contributed by atoms with Gasteiger partial charge in [-0.3, -0.25) is 0 Å². The monoisotopic (exact) mass is 239 g/mol. The molecule has 0 aliphatic heterocycles. The Morgan fingerprint density at radius 3 is 2.82 bits per heavy atom. The van der Waals surface area contributed by atoms with Gasteiger partial charge in [0.05, 0.1) is 18.1 Å². The van der Waals surface area contributed by atoms with Gasteiger partial charge in [0.2, 0.25) is 0 Å². The van der Waals surface area contributed by atoms with Crippen molar-refractivity contribution in [3.63, 3.8) is 0 Å². The van der Waals surface area contributed by atoms with Crippen molar-refractivity contribution >= 4 is 12.4 Å². The fraction of sp³-hybridized carbons (Fsp3) is 0.545. The molecule has 0 radical (unpaired) electrons. The molecule has 1 heterocycles. The van der Waals surface area contributed by atoms with E-state index in [1.165, 1.54) is 6.33 Å². The zero-order valence-electron chi connectivity index (χ0n) is 10.2. The second-order valence-electron chi connectivity index (χ2n) is 4.65. The van der Waals surface area contributed by atoms with Crippen LogP contribution in [0.3, 0.4) is 0 Å². The molecule has 6 nitrogen and oxygen atoms in total. The van der Waals surface area contributed by atoms with E-state index in [2.05, 4.69) is 15.3 Å². The number of aromatic amines is 1. The number of nitrogens with zero attached hydrogens (tertiary/aromatic N) is 1. The van der Waals surface area contributed by atoms with E-state index >= 15 is 0 Å². The Morgan fingerprint density at radius 1 is 1.65 bits per heavy atom. The number of nitrogens with one attached hydrogen (secondary N) is 2. The number of aromatic nitrogens is 2.